The van der Waals surface area contributed by atoms with Gasteiger partial charge in [0.25, 0.3) is 0 Å². The van der Waals surface area contributed by atoms with Crippen molar-refractivity contribution in [3.05, 3.63) is 29.6 Å². The quantitative estimate of drug-likeness (QED) is 0.911. The number of aromatic nitrogens is 2. The number of anilines is 1. The van der Waals surface area contributed by atoms with Crippen LogP contribution in [0.2, 0.25) is 0 Å². The Bertz CT molecular complexity index is 736. The third-order valence-electron chi connectivity index (χ3n) is 5.41. The molecule has 0 atom stereocenters. The van der Waals surface area contributed by atoms with E-state index in [4.69, 9.17) is 10.7 Å². The first-order valence-electron chi connectivity index (χ1n) is 9.26. The van der Waals surface area contributed by atoms with Gasteiger partial charge in [-0.15, -0.1) is 0 Å². The molecule has 0 saturated carbocycles. The van der Waals surface area contributed by atoms with Crippen molar-refractivity contribution in [2.24, 2.45) is 0 Å². The fourth-order valence-corrected chi connectivity index (χ4v) is 4.90. The SMILES string of the molecule is Cc1ccc2nc(CN3CCC(N4CCSCC4)CC3)nc(N)c2c1. The van der Waals surface area contributed by atoms with Gasteiger partial charge in [0, 0.05) is 49.1 Å². The molecule has 0 amide bonds. The first kappa shape index (κ1) is 17.1. The molecule has 2 aliphatic heterocycles. The highest BCUT2D eigenvalue weighted by Crippen LogP contribution is 2.23. The van der Waals surface area contributed by atoms with Crippen molar-refractivity contribution in [2.75, 3.05) is 43.4 Å². The smallest absolute Gasteiger partial charge is 0.145 e. The van der Waals surface area contributed by atoms with Crippen LogP contribution in [0.15, 0.2) is 18.2 Å². The number of nitrogen functional groups attached to an aromatic ring is 1. The van der Waals surface area contributed by atoms with Gasteiger partial charge < -0.3 is 5.73 Å². The van der Waals surface area contributed by atoms with Crippen LogP contribution in [0.1, 0.15) is 24.2 Å². The molecule has 2 aliphatic rings. The van der Waals surface area contributed by atoms with Crippen molar-refractivity contribution in [1.29, 1.82) is 0 Å². The lowest BCUT2D eigenvalue weighted by molar-refractivity contribution is 0.111. The van der Waals surface area contributed by atoms with Crippen LogP contribution in [0.5, 0.6) is 0 Å². The highest BCUT2D eigenvalue weighted by atomic mass is 32.2. The van der Waals surface area contributed by atoms with Gasteiger partial charge >= 0.3 is 0 Å². The third-order valence-corrected chi connectivity index (χ3v) is 6.35. The number of hydrogen-bond donors (Lipinski definition) is 1. The maximum Gasteiger partial charge on any atom is 0.145 e. The van der Waals surface area contributed by atoms with Crippen molar-refractivity contribution < 1.29 is 0 Å². The molecule has 134 valence electrons. The van der Waals surface area contributed by atoms with Crippen LogP contribution in [0.4, 0.5) is 5.82 Å². The number of thioether (sulfide) groups is 1. The van der Waals surface area contributed by atoms with E-state index in [1.807, 2.05) is 6.07 Å². The summed E-state index contributed by atoms with van der Waals surface area (Å²) in [6.07, 6.45) is 2.51. The Morgan fingerprint density at radius 1 is 1.12 bits per heavy atom. The van der Waals surface area contributed by atoms with Crippen molar-refractivity contribution in [1.82, 2.24) is 19.8 Å². The minimum absolute atomic E-state index is 0.601. The van der Waals surface area contributed by atoms with Gasteiger partial charge in [-0.1, -0.05) is 11.6 Å². The molecule has 0 unspecified atom stereocenters. The van der Waals surface area contributed by atoms with Crippen LogP contribution in [0.25, 0.3) is 10.9 Å². The Balaban J connectivity index is 1.40. The maximum atomic E-state index is 6.17. The molecular formula is C19H27N5S. The van der Waals surface area contributed by atoms with Gasteiger partial charge in [0.15, 0.2) is 0 Å². The van der Waals surface area contributed by atoms with Crippen LogP contribution in [-0.2, 0) is 6.54 Å². The standard InChI is InChI=1S/C19H27N5S/c1-14-2-3-17-16(12-14)19(20)22-18(21-17)13-23-6-4-15(5-7-23)24-8-10-25-11-9-24/h2-3,12,15H,4-11,13H2,1H3,(H2,20,21,22). The Labute approximate surface area is 154 Å². The monoisotopic (exact) mass is 357 g/mol. The molecule has 0 bridgehead atoms. The second-order valence-corrected chi connectivity index (χ2v) is 8.43. The summed E-state index contributed by atoms with van der Waals surface area (Å²) in [4.78, 5) is 14.5. The van der Waals surface area contributed by atoms with Crippen molar-refractivity contribution in [3.63, 3.8) is 0 Å². The van der Waals surface area contributed by atoms with Crippen LogP contribution >= 0.6 is 11.8 Å². The molecule has 6 heteroatoms. The Morgan fingerprint density at radius 2 is 1.88 bits per heavy atom. The predicted octanol–water partition coefficient (Wildman–Crippen LogP) is 2.53. The van der Waals surface area contributed by atoms with E-state index >= 15 is 0 Å². The fraction of sp³-hybridized carbons (Fsp3) is 0.579. The highest BCUT2D eigenvalue weighted by molar-refractivity contribution is 7.99. The number of benzene rings is 1. The van der Waals surface area contributed by atoms with Gasteiger partial charge in [-0.25, -0.2) is 9.97 Å². The van der Waals surface area contributed by atoms with Gasteiger partial charge in [-0.05, 0) is 31.9 Å². The summed E-state index contributed by atoms with van der Waals surface area (Å²) in [6.45, 7) is 7.65. The van der Waals surface area contributed by atoms with E-state index in [1.165, 1.54) is 43.0 Å². The number of rotatable bonds is 3. The summed E-state index contributed by atoms with van der Waals surface area (Å²) in [6, 6.07) is 6.97. The van der Waals surface area contributed by atoms with Gasteiger partial charge in [-0.3, -0.25) is 9.80 Å². The second-order valence-electron chi connectivity index (χ2n) is 7.20. The van der Waals surface area contributed by atoms with E-state index < -0.39 is 0 Å². The highest BCUT2D eigenvalue weighted by Gasteiger charge is 2.26. The van der Waals surface area contributed by atoms with E-state index in [2.05, 4.69) is 45.6 Å². The molecule has 1 aromatic carbocycles. The predicted molar refractivity (Wildman–Crippen MR) is 106 cm³/mol. The number of likely N-dealkylation sites (tertiary alicyclic amines) is 1. The minimum Gasteiger partial charge on any atom is -0.383 e. The number of piperidine rings is 1. The second kappa shape index (κ2) is 7.48. The van der Waals surface area contributed by atoms with E-state index in [0.717, 1.165) is 42.4 Å². The lowest BCUT2D eigenvalue weighted by Crippen LogP contribution is -2.47. The number of nitrogens with two attached hydrogens (primary N) is 1. The van der Waals surface area contributed by atoms with E-state index in [0.29, 0.717) is 5.82 Å². The van der Waals surface area contributed by atoms with Crippen LogP contribution in [0, 0.1) is 6.92 Å². The topological polar surface area (TPSA) is 58.3 Å². The third kappa shape index (κ3) is 3.91. The Morgan fingerprint density at radius 3 is 2.64 bits per heavy atom. The molecule has 2 N–H and O–H groups in total. The lowest BCUT2D eigenvalue weighted by Gasteiger charge is -2.39. The number of aryl methyl sites for hydroxylation is 1. The molecule has 0 radical (unpaired) electrons. The molecule has 2 fully saturated rings. The largest absolute Gasteiger partial charge is 0.383 e. The normalized spacial score (nSPS) is 21.0. The average molecular weight is 358 g/mol. The van der Waals surface area contributed by atoms with E-state index in [1.54, 1.807) is 0 Å². The van der Waals surface area contributed by atoms with Crippen LogP contribution in [0.3, 0.4) is 0 Å². The van der Waals surface area contributed by atoms with Gasteiger partial charge in [0.05, 0.1) is 12.1 Å². The summed E-state index contributed by atoms with van der Waals surface area (Å²) < 4.78 is 0. The number of fused-ring (bicyclic) bond motifs is 1. The zero-order valence-electron chi connectivity index (χ0n) is 14.9. The fourth-order valence-electron chi connectivity index (χ4n) is 3.97. The molecular weight excluding hydrogens is 330 g/mol. The molecule has 25 heavy (non-hydrogen) atoms. The van der Waals surface area contributed by atoms with Gasteiger partial charge in [-0.2, -0.15) is 11.8 Å². The minimum atomic E-state index is 0.601. The molecule has 0 spiro atoms. The zero-order valence-corrected chi connectivity index (χ0v) is 15.8. The number of hydrogen-bond acceptors (Lipinski definition) is 6. The first-order valence-corrected chi connectivity index (χ1v) is 10.4. The summed E-state index contributed by atoms with van der Waals surface area (Å²) in [5.74, 6) is 4.04. The molecule has 2 saturated heterocycles. The summed E-state index contributed by atoms with van der Waals surface area (Å²) in [5, 5.41) is 0.963. The van der Waals surface area contributed by atoms with Crippen molar-refractivity contribution in [2.45, 2.75) is 32.4 Å². The Kier molecular flexibility index (Phi) is 5.10. The summed E-state index contributed by atoms with van der Waals surface area (Å²) >= 11 is 2.09. The molecule has 0 aliphatic carbocycles. The van der Waals surface area contributed by atoms with Crippen LogP contribution < -0.4 is 5.73 Å². The number of nitrogens with zero attached hydrogens (tertiary/aromatic N) is 4. The van der Waals surface area contributed by atoms with Crippen molar-refractivity contribution in [3.8, 4) is 0 Å². The summed E-state index contributed by atoms with van der Waals surface area (Å²) in [7, 11) is 0. The first-order chi connectivity index (χ1) is 12.2. The lowest BCUT2D eigenvalue weighted by atomic mass is 10.0. The maximum absolute atomic E-state index is 6.17. The summed E-state index contributed by atoms with van der Waals surface area (Å²) in [5.41, 5.74) is 8.31. The Hall–Kier alpha value is -1.37. The van der Waals surface area contributed by atoms with Crippen LogP contribution in [-0.4, -0.2) is 63.5 Å². The average Bonchev–Trinajstić information content (AvgIpc) is 2.64. The van der Waals surface area contributed by atoms with E-state index in [9.17, 15) is 0 Å². The molecule has 2 aromatic rings. The van der Waals surface area contributed by atoms with Crippen molar-refractivity contribution >= 4 is 28.5 Å². The molecule has 1 aromatic heterocycles. The molecule has 3 heterocycles. The molecule has 5 nitrogen and oxygen atoms in total. The van der Waals surface area contributed by atoms with Gasteiger partial charge in [0.1, 0.15) is 11.6 Å². The zero-order chi connectivity index (χ0) is 17.2. The van der Waals surface area contributed by atoms with E-state index in [-0.39, 0.29) is 0 Å². The van der Waals surface area contributed by atoms with Gasteiger partial charge in [0.2, 0.25) is 0 Å². The molecule has 4 rings (SSSR count).